The Kier molecular flexibility index (Phi) is 2.56. The third kappa shape index (κ3) is 1.52. The summed E-state index contributed by atoms with van der Waals surface area (Å²) in [6.07, 6.45) is -2.44. The van der Waals surface area contributed by atoms with Gasteiger partial charge in [0.25, 0.3) is 6.43 Å². The Balaban J connectivity index is 3.33. The second-order valence-electron chi connectivity index (χ2n) is 1.96. The van der Waals surface area contributed by atoms with Crippen LogP contribution >= 0.6 is 15.9 Å². The lowest BCUT2D eigenvalue weighted by Gasteiger charge is -2.04. The minimum atomic E-state index is -3.05. The van der Waals surface area contributed by atoms with E-state index < -0.39 is 23.6 Å². The van der Waals surface area contributed by atoms with Gasteiger partial charge in [0.1, 0.15) is 4.60 Å². The van der Waals surface area contributed by atoms with Crippen molar-refractivity contribution in [2.75, 3.05) is 0 Å². The first-order valence-electron chi connectivity index (χ1n) is 2.85. The Hall–Kier alpha value is -0.780. The van der Waals surface area contributed by atoms with E-state index in [-0.39, 0.29) is 4.60 Å². The number of hydrogen-bond acceptors (Lipinski definition) is 2. The first-order valence-corrected chi connectivity index (χ1v) is 3.64. The summed E-state index contributed by atoms with van der Waals surface area (Å²) in [6, 6.07) is 0. The zero-order chi connectivity index (χ0) is 9.30. The molecule has 0 amide bonds. The third-order valence-corrected chi connectivity index (χ3v) is 1.80. The summed E-state index contributed by atoms with van der Waals surface area (Å²) in [5.74, 6) is -2.07. The quantitative estimate of drug-likeness (QED) is 0.768. The molecule has 1 heterocycles. The molecule has 0 saturated heterocycles. The van der Waals surface area contributed by atoms with Crippen molar-refractivity contribution in [3.05, 3.63) is 22.2 Å². The van der Waals surface area contributed by atoms with Crippen molar-refractivity contribution in [1.29, 1.82) is 0 Å². The maximum absolute atomic E-state index is 12.6. The van der Waals surface area contributed by atoms with Gasteiger partial charge in [-0.1, -0.05) is 0 Å². The fraction of sp³-hybridized carbons (Fsp3) is 0.167. The molecule has 0 aliphatic carbocycles. The van der Waals surface area contributed by atoms with Crippen molar-refractivity contribution >= 4 is 15.9 Å². The standard InChI is InChI=1S/C6H3BrF3NO/c7-5-4(12)3(6(9)10)2(8)1-11-5/h1,6,12H. The highest BCUT2D eigenvalue weighted by molar-refractivity contribution is 9.10. The average Bonchev–Trinajstić information content (AvgIpc) is 1.97. The predicted molar refractivity (Wildman–Crippen MR) is 38.5 cm³/mol. The molecular formula is C6H3BrF3NO. The van der Waals surface area contributed by atoms with E-state index in [2.05, 4.69) is 20.9 Å². The van der Waals surface area contributed by atoms with Crippen molar-refractivity contribution in [3.8, 4) is 5.75 Å². The zero-order valence-corrected chi connectivity index (χ0v) is 7.15. The second-order valence-corrected chi connectivity index (χ2v) is 2.71. The number of aromatic nitrogens is 1. The van der Waals surface area contributed by atoms with Crippen LogP contribution in [0.4, 0.5) is 13.2 Å². The van der Waals surface area contributed by atoms with E-state index in [1.165, 1.54) is 0 Å². The van der Waals surface area contributed by atoms with Gasteiger partial charge in [0.05, 0.1) is 11.8 Å². The minimum absolute atomic E-state index is 0.195. The van der Waals surface area contributed by atoms with Crippen molar-refractivity contribution in [3.63, 3.8) is 0 Å². The highest BCUT2D eigenvalue weighted by Crippen LogP contribution is 2.34. The molecule has 0 saturated carbocycles. The lowest BCUT2D eigenvalue weighted by molar-refractivity contribution is 0.141. The Morgan fingerprint density at radius 1 is 1.50 bits per heavy atom. The molecule has 66 valence electrons. The van der Waals surface area contributed by atoms with E-state index >= 15 is 0 Å². The predicted octanol–water partition coefficient (Wildman–Crippen LogP) is 2.63. The van der Waals surface area contributed by atoms with E-state index in [4.69, 9.17) is 5.11 Å². The molecule has 0 aromatic carbocycles. The van der Waals surface area contributed by atoms with E-state index in [1.54, 1.807) is 0 Å². The molecule has 0 spiro atoms. The van der Waals surface area contributed by atoms with Crippen molar-refractivity contribution in [1.82, 2.24) is 4.98 Å². The molecule has 0 bridgehead atoms. The molecular weight excluding hydrogens is 239 g/mol. The van der Waals surface area contributed by atoms with Crippen LogP contribution in [0, 0.1) is 5.82 Å². The lowest BCUT2D eigenvalue weighted by atomic mass is 10.2. The first-order chi connectivity index (χ1) is 5.54. The van der Waals surface area contributed by atoms with Gasteiger partial charge in [-0.15, -0.1) is 0 Å². The highest BCUT2D eigenvalue weighted by Gasteiger charge is 2.20. The SMILES string of the molecule is Oc1c(Br)ncc(F)c1C(F)F. The molecule has 1 rings (SSSR count). The number of aromatic hydroxyl groups is 1. The van der Waals surface area contributed by atoms with Gasteiger partial charge < -0.3 is 5.11 Å². The van der Waals surface area contributed by atoms with Gasteiger partial charge in [-0.3, -0.25) is 0 Å². The number of nitrogens with zero attached hydrogens (tertiary/aromatic N) is 1. The summed E-state index contributed by atoms with van der Waals surface area (Å²) < 4.78 is 36.4. The molecule has 1 aromatic heterocycles. The van der Waals surface area contributed by atoms with Gasteiger partial charge in [0.2, 0.25) is 0 Å². The number of alkyl halides is 2. The van der Waals surface area contributed by atoms with Crippen LogP contribution in [0.15, 0.2) is 10.8 Å². The number of pyridine rings is 1. The molecule has 0 radical (unpaired) electrons. The van der Waals surface area contributed by atoms with Crippen LogP contribution in [0.2, 0.25) is 0 Å². The largest absolute Gasteiger partial charge is 0.505 e. The molecule has 1 aromatic rings. The van der Waals surface area contributed by atoms with Crippen LogP contribution in [-0.4, -0.2) is 10.1 Å². The maximum Gasteiger partial charge on any atom is 0.270 e. The lowest BCUT2D eigenvalue weighted by Crippen LogP contribution is -1.94. The summed E-state index contributed by atoms with van der Waals surface area (Å²) in [7, 11) is 0. The minimum Gasteiger partial charge on any atom is -0.505 e. The molecule has 0 fully saturated rings. The molecule has 0 unspecified atom stereocenters. The Morgan fingerprint density at radius 2 is 2.08 bits per heavy atom. The molecule has 0 aliphatic rings. The molecule has 2 nitrogen and oxygen atoms in total. The van der Waals surface area contributed by atoms with Crippen molar-refractivity contribution in [2.45, 2.75) is 6.43 Å². The highest BCUT2D eigenvalue weighted by atomic mass is 79.9. The number of rotatable bonds is 1. The van der Waals surface area contributed by atoms with Crippen molar-refractivity contribution in [2.24, 2.45) is 0 Å². The summed E-state index contributed by atoms with van der Waals surface area (Å²) in [5, 5.41) is 8.92. The zero-order valence-electron chi connectivity index (χ0n) is 5.56. The molecule has 0 atom stereocenters. The Morgan fingerprint density at radius 3 is 2.50 bits per heavy atom. The first kappa shape index (κ1) is 9.31. The normalized spacial score (nSPS) is 10.8. The molecule has 0 aliphatic heterocycles. The number of halogens is 4. The number of hydrogen-bond donors (Lipinski definition) is 1. The third-order valence-electron chi connectivity index (χ3n) is 1.22. The fourth-order valence-corrected chi connectivity index (χ4v) is 0.992. The fourth-order valence-electron chi connectivity index (χ4n) is 0.676. The summed E-state index contributed by atoms with van der Waals surface area (Å²) in [5.41, 5.74) is -1.03. The van der Waals surface area contributed by atoms with Gasteiger partial charge in [0.15, 0.2) is 11.6 Å². The van der Waals surface area contributed by atoms with E-state index in [1.807, 2.05) is 0 Å². The molecule has 6 heteroatoms. The van der Waals surface area contributed by atoms with Gasteiger partial charge in [-0.2, -0.15) is 0 Å². The van der Waals surface area contributed by atoms with Gasteiger partial charge in [-0.05, 0) is 15.9 Å². The van der Waals surface area contributed by atoms with E-state index in [0.717, 1.165) is 0 Å². The van der Waals surface area contributed by atoms with Gasteiger partial charge in [0, 0.05) is 0 Å². The second kappa shape index (κ2) is 3.30. The van der Waals surface area contributed by atoms with Crippen molar-refractivity contribution < 1.29 is 18.3 Å². The van der Waals surface area contributed by atoms with Crippen LogP contribution in [-0.2, 0) is 0 Å². The van der Waals surface area contributed by atoms with E-state index in [0.29, 0.717) is 6.20 Å². The molecule has 1 N–H and O–H groups in total. The van der Waals surface area contributed by atoms with Crippen LogP contribution in [0.5, 0.6) is 5.75 Å². The average molecular weight is 242 g/mol. The van der Waals surface area contributed by atoms with Crippen LogP contribution < -0.4 is 0 Å². The summed E-state index contributed by atoms with van der Waals surface area (Å²) in [6.45, 7) is 0. The van der Waals surface area contributed by atoms with Gasteiger partial charge >= 0.3 is 0 Å². The topological polar surface area (TPSA) is 33.1 Å². The monoisotopic (exact) mass is 241 g/mol. The summed E-state index contributed by atoms with van der Waals surface area (Å²) >= 11 is 2.69. The smallest absolute Gasteiger partial charge is 0.270 e. The van der Waals surface area contributed by atoms with E-state index in [9.17, 15) is 13.2 Å². The van der Waals surface area contributed by atoms with Crippen LogP contribution in [0.25, 0.3) is 0 Å². The molecule has 12 heavy (non-hydrogen) atoms. The van der Waals surface area contributed by atoms with Gasteiger partial charge in [-0.25, -0.2) is 18.2 Å². The Labute approximate surface area is 74.2 Å². The summed E-state index contributed by atoms with van der Waals surface area (Å²) in [4.78, 5) is 3.28. The Bertz CT molecular complexity index is 305. The van der Waals surface area contributed by atoms with Crippen LogP contribution in [0.3, 0.4) is 0 Å². The maximum atomic E-state index is 12.6. The van der Waals surface area contributed by atoms with Crippen LogP contribution in [0.1, 0.15) is 12.0 Å².